The first-order chi connectivity index (χ1) is 12.2. The molecule has 0 unspecified atom stereocenters. The van der Waals surface area contributed by atoms with Gasteiger partial charge in [0.05, 0.1) is 11.5 Å². The predicted molar refractivity (Wildman–Crippen MR) is 101 cm³/mol. The van der Waals surface area contributed by atoms with Crippen LogP contribution < -0.4 is 0 Å². The Morgan fingerprint density at radius 2 is 1.92 bits per heavy atom. The molecule has 0 aliphatic rings. The lowest BCUT2D eigenvalue weighted by molar-refractivity contribution is 0.0820. The molecule has 3 aromatic rings. The van der Waals surface area contributed by atoms with Crippen molar-refractivity contribution in [2.24, 2.45) is 0 Å². The molecular weight excluding hydrogens is 350 g/mol. The third-order valence-electron chi connectivity index (χ3n) is 4.26. The van der Waals surface area contributed by atoms with Crippen molar-refractivity contribution in [2.45, 2.75) is 19.3 Å². The van der Waals surface area contributed by atoms with Crippen molar-refractivity contribution in [1.82, 2.24) is 19.4 Å². The summed E-state index contributed by atoms with van der Waals surface area (Å²) >= 11 is 5.97. The summed E-state index contributed by atoms with van der Waals surface area (Å²) in [6.07, 6.45) is 1.60. The van der Waals surface area contributed by atoms with Gasteiger partial charge in [-0.15, -0.1) is 0 Å². The standard InChI is InChI=1S/C19H18ClN5O/c1-19(2,11-21)13-5-7-14(8-6-13)25-15(17(26)24(3)4)9-12-10-22-18(20)23-16(12)25/h5-10H,1-4H3. The zero-order valence-corrected chi connectivity index (χ0v) is 15.7. The molecule has 2 aromatic heterocycles. The van der Waals surface area contributed by atoms with Crippen LogP contribution in [-0.2, 0) is 5.41 Å². The van der Waals surface area contributed by atoms with Crippen LogP contribution >= 0.6 is 11.6 Å². The number of halogens is 1. The quantitative estimate of drug-likeness (QED) is 0.663. The molecule has 0 spiro atoms. The van der Waals surface area contributed by atoms with Crippen LogP contribution in [0.25, 0.3) is 16.7 Å². The molecule has 0 aliphatic carbocycles. The van der Waals surface area contributed by atoms with Crippen LogP contribution in [0.1, 0.15) is 29.9 Å². The van der Waals surface area contributed by atoms with Crippen molar-refractivity contribution in [3.8, 4) is 11.8 Å². The van der Waals surface area contributed by atoms with E-state index in [0.717, 1.165) is 16.6 Å². The fourth-order valence-electron chi connectivity index (χ4n) is 2.71. The number of amides is 1. The maximum Gasteiger partial charge on any atom is 0.270 e. The van der Waals surface area contributed by atoms with Gasteiger partial charge in [0, 0.05) is 31.4 Å². The van der Waals surface area contributed by atoms with Crippen molar-refractivity contribution in [1.29, 1.82) is 5.26 Å². The number of aromatic nitrogens is 3. The summed E-state index contributed by atoms with van der Waals surface area (Å²) in [4.78, 5) is 22.4. The third-order valence-corrected chi connectivity index (χ3v) is 4.45. The summed E-state index contributed by atoms with van der Waals surface area (Å²) in [7, 11) is 3.39. The molecule has 0 bridgehead atoms. The second-order valence-electron chi connectivity index (χ2n) is 6.77. The molecule has 0 fully saturated rings. The van der Waals surface area contributed by atoms with Crippen molar-refractivity contribution >= 4 is 28.5 Å². The molecule has 0 aliphatic heterocycles. The summed E-state index contributed by atoms with van der Waals surface area (Å²) in [5.74, 6) is -0.152. The minimum Gasteiger partial charge on any atom is -0.343 e. The normalized spacial score (nSPS) is 11.4. The Morgan fingerprint density at radius 1 is 1.27 bits per heavy atom. The second kappa shape index (κ2) is 6.43. The molecule has 1 aromatic carbocycles. The van der Waals surface area contributed by atoms with Crippen molar-refractivity contribution < 1.29 is 4.79 Å². The molecule has 6 nitrogen and oxygen atoms in total. The van der Waals surface area contributed by atoms with Crippen LogP contribution in [0.2, 0.25) is 5.28 Å². The molecule has 26 heavy (non-hydrogen) atoms. The zero-order chi connectivity index (χ0) is 19.1. The Balaban J connectivity index is 2.23. The molecule has 132 valence electrons. The number of fused-ring (bicyclic) bond motifs is 1. The van der Waals surface area contributed by atoms with Crippen molar-refractivity contribution in [2.75, 3.05) is 14.1 Å². The first kappa shape index (κ1) is 17.9. The van der Waals surface area contributed by atoms with Gasteiger partial charge in [0.1, 0.15) is 11.3 Å². The van der Waals surface area contributed by atoms with Crippen LogP contribution in [0, 0.1) is 11.3 Å². The molecule has 0 saturated carbocycles. The first-order valence-electron chi connectivity index (χ1n) is 8.02. The largest absolute Gasteiger partial charge is 0.343 e. The molecule has 3 rings (SSSR count). The highest BCUT2D eigenvalue weighted by Crippen LogP contribution is 2.27. The van der Waals surface area contributed by atoms with Gasteiger partial charge in [0.25, 0.3) is 5.91 Å². The Hall–Kier alpha value is -2.91. The van der Waals surface area contributed by atoms with Crippen LogP contribution in [0.3, 0.4) is 0 Å². The number of carbonyl (C=O) groups is 1. The van der Waals surface area contributed by atoms with E-state index in [1.165, 1.54) is 4.90 Å². The maximum atomic E-state index is 12.6. The number of carbonyl (C=O) groups excluding carboxylic acids is 1. The topological polar surface area (TPSA) is 74.8 Å². The molecule has 2 heterocycles. The van der Waals surface area contributed by atoms with E-state index in [2.05, 4.69) is 16.0 Å². The highest BCUT2D eigenvalue weighted by molar-refractivity contribution is 6.28. The van der Waals surface area contributed by atoms with E-state index >= 15 is 0 Å². The Labute approximate surface area is 156 Å². The average Bonchev–Trinajstić information content (AvgIpc) is 2.99. The van der Waals surface area contributed by atoms with Crippen LogP contribution in [0.5, 0.6) is 0 Å². The number of hydrogen-bond acceptors (Lipinski definition) is 4. The third kappa shape index (κ3) is 3.02. The van der Waals surface area contributed by atoms with Crippen molar-refractivity contribution in [3.05, 3.63) is 53.1 Å². The SMILES string of the molecule is CN(C)C(=O)c1cc2cnc(Cl)nc2n1-c1ccc(C(C)(C)C#N)cc1. The van der Waals surface area contributed by atoms with E-state index in [-0.39, 0.29) is 11.2 Å². The van der Waals surface area contributed by atoms with Gasteiger partial charge in [-0.05, 0) is 49.2 Å². The summed E-state index contributed by atoms with van der Waals surface area (Å²) in [6.45, 7) is 3.72. The van der Waals surface area contributed by atoms with Gasteiger partial charge >= 0.3 is 0 Å². The molecule has 7 heteroatoms. The van der Waals surface area contributed by atoms with Gasteiger partial charge in [0.2, 0.25) is 5.28 Å². The minimum absolute atomic E-state index is 0.114. The van der Waals surface area contributed by atoms with E-state index in [0.29, 0.717) is 11.3 Å². The molecule has 1 amide bonds. The second-order valence-corrected chi connectivity index (χ2v) is 7.10. The molecule has 0 N–H and O–H groups in total. The smallest absolute Gasteiger partial charge is 0.270 e. The van der Waals surface area contributed by atoms with Gasteiger partial charge < -0.3 is 4.90 Å². The van der Waals surface area contributed by atoms with E-state index in [9.17, 15) is 10.1 Å². The molecule has 0 radical (unpaired) electrons. The van der Waals surface area contributed by atoms with E-state index in [4.69, 9.17) is 11.6 Å². The van der Waals surface area contributed by atoms with Gasteiger partial charge in [-0.25, -0.2) is 4.98 Å². The Kier molecular flexibility index (Phi) is 4.43. The lowest BCUT2D eigenvalue weighted by atomic mass is 9.86. The molecule has 0 atom stereocenters. The zero-order valence-electron chi connectivity index (χ0n) is 15.0. The van der Waals surface area contributed by atoms with E-state index < -0.39 is 5.41 Å². The van der Waals surface area contributed by atoms with Crippen LogP contribution in [0.15, 0.2) is 36.5 Å². The van der Waals surface area contributed by atoms with E-state index in [1.807, 2.05) is 38.1 Å². The maximum absolute atomic E-state index is 12.6. The Morgan fingerprint density at radius 3 is 2.50 bits per heavy atom. The average molecular weight is 368 g/mol. The lowest BCUT2D eigenvalue weighted by Crippen LogP contribution is -2.24. The van der Waals surface area contributed by atoms with Crippen LogP contribution in [-0.4, -0.2) is 39.4 Å². The predicted octanol–water partition coefficient (Wildman–Crippen LogP) is 3.58. The fourth-order valence-corrected chi connectivity index (χ4v) is 2.84. The van der Waals surface area contributed by atoms with E-state index in [1.54, 1.807) is 30.9 Å². The van der Waals surface area contributed by atoms with Gasteiger partial charge in [0.15, 0.2) is 0 Å². The van der Waals surface area contributed by atoms with Crippen molar-refractivity contribution in [3.63, 3.8) is 0 Å². The first-order valence-corrected chi connectivity index (χ1v) is 8.40. The minimum atomic E-state index is -0.592. The number of nitriles is 1. The fraction of sp³-hybridized carbons (Fsp3) is 0.263. The molecular formula is C19H18ClN5O. The van der Waals surface area contributed by atoms with Gasteiger partial charge in [-0.1, -0.05) is 12.1 Å². The Bertz CT molecular complexity index is 1030. The number of nitrogens with zero attached hydrogens (tertiary/aromatic N) is 5. The summed E-state index contributed by atoms with van der Waals surface area (Å²) in [6, 6.07) is 11.6. The number of benzene rings is 1. The number of hydrogen-bond donors (Lipinski definition) is 0. The monoisotopic (exact) mass is 367 g/mol. The molecule has 0 saturated heterocycles. The summed E-state index contributed by atoms with van der Waals surface area (Å²) in [5.41, 5.74) is 2.09. The summed E-state index contributed by atoms with van der Waals surface area (Å²) < 4.78 is 1.76. The van der Waals surface area contributed by atoms with Crippen LogP contribution in [0.4, 0.5) is 0 Å². The highest BCUT2D eigenvalue weighted by Gasteiger charge is 2.22. The lowest BCUT2D eigenvalue weighted by Gasteiger charge is -2.17. The number of rotatable bonds is 3. The summed E-state index contributed by atoms with van der Waals surface area (Å²) in [5, 5.41) is 10.2. The van der Waals surface area contributed by atoms with Gasteiger partial charge in [-0.2, -0.15) is 10.2 Å². The van der Waals surface area contributed by atoms with Gasteiger partial charge in [-0.3, -0.25) is 9.36 Å². The highest BCUT2D eigenvalue weighted by atomic mass is 35.5.